The van der Waals surface area contributed by atoms with Crippen molar-refractivity contribution in [3.8, 4) is 6.07 Å². The van der Waals surface area contributed by atoms with Crippen molar-refractivity contribution in [2.24, 2.45) is 0 Å². The van der Waals surface area contributed by atoms with E-state index in [1.807, 2.05) is 28.9 Å². The Balaban J connectivity index is 1.68. The first-order valence-corrected chi connectivity index (χ1v) is 8.91. The van der Waals surface area contributed by atoms with E-state index in [1.165, 1.54) is 0 Å². The van der Waals surface area contributed by atoms with Gasteiger partial charge in [0.2, 0.25) is 0 Å². The molecule has 0 aliphatic carbocycles. The highest BCUT2D eigenvalue weighted by Crippen LogP contribution is 2.37. The van der Waals surface area contributed by atoms with E-state index < -0.39 is 0 Å². The summed E-state index contributed by atoms with van der Waals surface area (Å²) in [6, 6.07) is 13.5. The Morgan fingerprint density at radius 2 is 2.19 bits per heavy atom. The fraction of sp³-hybridized carbons (Fsp3) is 0.158. The van der Waals surface area contributed by atoms with Crippen LogP contribution in [0.15, 0.2) is 48.9 Å². The molecule has 0 bridgehead atoms. The fourth-order valence-electron chi connectivity index (χ4n) is 3.65. The van der Waals surface area contributed by atoms with Crippen LogP contribution in [0, 0.1) is 11.3 Å². The molecule has 5 rings (SSSR count). The lowest BCUT2D eigenvalue weighted by Gasteiger charge is -2.35. The van der Waals surface area contributed by atoms with Crippen LogP contribution in [0.5, 0.6) is 0 Å². The Morgan fingerprint density at radius 1 is 1.26 bits per heavy atom. The highest BCUT2D eigenvalue weighted by atomic mass is 35.5. The second-order valence-electron chi connectivity index (χ2n) is 6.40. The maximum atomic E-state index is 9.27. The molecule has 4 aromatic heterocycles. The van der Waals surface area contributed by atoms with Crippen molar-refractivity contribution in [2.45, 2.75) is 12.5 Å². The normalized spacial score (nSPS) is 16.3. The summed E-state index contributed by atoms with van der Waals surface area (Å²) in [6.07, 6.45) is 4.47. The smallest absolute Gasteiger partial charge is 0.144 e. The van der Waals surface area contributed by atoms with Crippen molar-refractivity contribution >= 4 is 22.8 Å². The highest BCUT2D eigenvalue weighted by Gasteiger charge is 2.33. The number of nitrogens with zero attached hydrogens (tertiary/aromatic N) is 6. The van der Waals surface area contributed by atoms with Crippen LogP contribution < -0.4 is 4.90 Å². The number of H-pyrrole nitrogens is 1. The number of halogens is 1. The van der Waals surface area contributed by atoms with E-state index in [-0.39, 0.29) is 6.04 Å². The number of anilines is 1. The zero-order chi connectivity index (χ0) is 18.4. The zero-order valence-corrected chi connectivity index (χ0v) is 14.9. The largest absolute Gasteiger partial charge is 0.357 e. The third-order valence-electron chi connectivity index (χ3n) is 4.82. The van der Waals surface area contributed by atoms with Gasteiger partial charge in [-0.25, -0.2) is 14.5 Å². The first-order valence-electron chi connectivity index (χ1n) is 8.54. The third kappa shape index (κ3) is 2.62. The van der Waals surface area contributed by atoms with Crippen LogP contribution in [-0.2, 0) is 6.42 Å². The van der Waals surface area contributed by atoms with E-state index >= 15 is 0 Å². The summed E-state index contributed by atoms with van der Waals surface area (Å²) < 4.78 is 1.86. The minimum absolute atomic E-state index is 0.176. The van der Waals surface area contributed by atoms with E-state index in [9.17, 15) is 5.26 Å². The number of fused-ring (bicyclic) bond motifs is 2. The second-order valence-corrected chi connectivity index (χ2v) is 6.78. The van der Waals surface area contributed by atoms with E-state index in [0.29, 0.717) is 10.8 Å². The van der Waals surface area contributed by atoms with E-state index in [1.54, 1.807) is 18.5 Å². The summed E-state index contributed by atoms with van der Waals surface area (Å²) in [5.74, 6) is 0. The van der Waals surface area contributed by atoms with Crippen molar-refractivity contribution in [3.63, 3.8) is 0 Å². The monoisotopic (exact) mass is 375 g/mol. The van der Waals surface area contributed by atoms with Gasteiger partial charge in [0.15, 0.2) is 0 Å². The van der Waals surface area contributed by atoms with Gasteiger partial charge >= 0.3 is 0 Å². The molecule has 5 heterocycles. The molecule has 27 heavy (non-hydrogen) atoms. The van der Waals surface area contributed by atoms with E-state index in [4.69, 9.17) is 16.7 Å². The quantitative estimate of drug-likeness (QED) is 0.544. The summed E-state index contributed by atoms with van der Waals surface area (Å²) in [7, 11) is 0. The maximum Gasteiger partial charge on any atom is 0.144 e. The molecule has 1 atom stereocenters. The summed E-state index contributed by atoms with van der Waals surface area (Å²) in [5, 5.41) is 14.3. The van der Waals surface area contributed by atoms with Crippen molar-refractivity contribution in [1.29, 1.82) is 5.26 Å². The molecule has 8 heteroatoms. The molecule has 0 spiro atoms. The Labute approximate surface area is 159 Å². The van der Waals surface area contributed by atoms with Gasteiger partial charge in [-0.05, 0) is 30.3 Å². The molecule has 0 saturated heterocycles. The van der Waals surface area contributed by atoms with Crippen LogP contribution in [0.3, 0.4) is 0 Å². The summed E-state index contributed by atoms with van der Waals surface area (Å²) >= 11 is 6.15. The van der Waals surface area contributed by atoms with Crippen LogP contribution >= 0.6 is 11.6 Å². The maximum absolute atomic E-state index is 9.27. The van der Waals surface area contributed by atoms with Crippen LogP contribution in [0.25, 0.3) is 5.52 Å². The number of nitriles is 1. The minimum atomic E-state index is -0.176. The molecule has 132 valence electrons. The SMILES string of the molecule is N#Cc1cc(N2CCc3[nH]cnc3[C@@H]2c2cc3ccccn3n2)cc(Cl)n1. The molecule has 0 aromatic carbocycles. The predicted octanol–water partition coefficient (Wildman–Crippen LogP) is 3.13. The van der Waals surface area contributed by atoms with Crippen LogP contribution in [0.1, 0.15) is 28.8 Å². The molecular weight excluding hydrogens is 362 g/mol. The number of aromatic nitrogens is 5. The van der Waals surface area contributed by atoms with Gasteiger partial charge in [0.05, 0.1) is 23.2 Å². The molecule has 4 aromatic rings. The third-order valence-corrected chi connectivity index (χ3v) is 5.01. The van der Waals surface area contributed by atoms with Crippen molar-refractivity contribution in [1.82, 2.24) is 24.6 Å². The van der Waals surface area contributed by atoms with Gasteiger partial charge in [0.1, 0.15) is 23.0 Å². The summed E-state index contributed by atoms with van der Waals surface area (Å²) in [4.78, 5) is 14.0. The lowest BCUT2D eigenvalue weighted by molar-refractivity contribution is 0.617. The number of hydrogen-bond donors (Lipinski definition) is 1. The standard InChI is InChI=1S/C19H14ClN7/c20-17-9-14(7-12(10-21)24-17)26-6-4-15-18(23-11-22-15)19(26)16-8-13-3-1-2-5-27(13)25-16/h1-3,5,7-9,11,19H,4,6H2,(H,22,23)/t19-/m0/s1. The van der Waals surface area contributed by atoms with E-state index in [2.05, 4.69) is 32.0 Å². The Bertz CT molecular complexity index is 1150. The molecule has 0 amide bonds. The lowest BCUT2D eigenvalue weighted by Crippen LogP contribution is -2.36. The number of aromatic amines is 1. The Hall–Kier alpha value is -3.37. The Kier molecular flexibility index (Phi) is 3.59. The van der Waals surface area contributed by atoms with Crippen molar-refractivity contribution in [3.05, 3.63) is 76.9 Å². The minimum Gasteiger partial charge on any atom is -0.357 e. The van der Waals surface area contributed by atoms with Gasteiger partial charge in [0.25, 0.3) is 0 Å². The van der Waals surface area contributed by atoms with Crippen LogP contribution in [-0.4, -0.2) is 31.1 Å². The molecule has 0 fully saturated rings. The number of imidazole rings is 1. The van der Waals surface area contributed by atoms with Gasteiger partial charge in [-0.2, -0.15) is 10.4 Å². The molecule has 0 radical (unpaired) electrons. The molecular formula is C19H14ClN7. The highest BCUT2D eigenvalue weighted by molar-refractivity contribution is 6.29. The Morgan fingerprint density at radius 3 is 3.04 bits per heavy atom. The number of rotatable bonds is 2. The molecule has 0 unspecified atom stereocenters. The topological polar surface area (TPSA) is 85.9 Å². The van der Waals surface area contributed by atoms with Crippen molar-refractivity contribution < 1.29 is 0 Å². The van der Waals surface area contributed by atoms with Crippen LogP contribution in [0.4, 0.5) is 5.69 Å². The molecule has 1 aliphatic rings. The number of hydrogen-bond acceptors (Lipinski definition) is 5. The van der Waals surface area contributed by atoms with Crippen LogP contribution in [0.2, 0.25) is 5.15 Å². The second kappa shape index (κ2) is 6.11. The van der Waals surface area contributed by atoms with Crippen molar-refractivity contribution in [2.75, 3.05) is 11.4 Å². The average molecular weight is 376 g/mol. The first-order chi connectivity index (χ1) is 13.2. The molecule has 0 saturated carbocycles. The molecule has 1 aliphatic heterocycles. The fourth-order valence-corrected chi connectivity index (χ4v) is 3.86. The zero-order valence-electron chi connectivity index (χ0n) is 14.2. The van der Waals surface area contributed by atoms with Gasteiger partial charge in [0, 0.05) is 30.5 Å². The molecule has 1 N–H and O–H groups in total. The van der Waals surface area contributed by atoms with Gasteiger partial charge < -0.3 is 9.88 Å². The molecule has 7 nitrogen and oxygen atoms in total. The number of nitrogens with one attached hydrogen (secondary N) is 1. The predicted molar refractivity (Wildman–Crippen MR) is 101 cm³/mol. The average Bonchev–Trinajstić information content (AvgIpc) is 3.33. The van der Waals surface area contributed by atoms with Gasteiger partial charge in [-0.3, -0.25) is 0 Å². The number of pyridine rings is 2. The van der Waals surface area contributed by atoms with E-state index in [0.717, 1.165) is 41.3 Å². The summed E-state index contributed by atoms with van der Waals surface area (Å²) in [5.41, 5.74) is 5.08. The lowest BCUT2D eigenvalue weighted by atomic mass is 9.99. The first kappa shape index (κ1) is 15.9. The summed E-state index contributed by atoms with van der Waals surface area (Å²) in [6.45, 7) is 0.749. The van der Waals surface area contributed by atoms with Gasteiger partial charge in [-0.15, -0.1) is 0 Å². The van der Waals surface area contributed by atoms with Gasteiger partial charge in [-0.1, -0.05) is 17.7 Å².